The number of hydrogen-bond donors (Lipinski definition) is 3. The number of alkyl carbamates (subject to hydrolysis) is 1. The Morgan fingerprint density at radius 2 is 1.89 bits per heavy atom. The number of hydrogen-bond acceptors (Lipinski definition) is 5. The van der Waals surface area contributed by atoms with E-state index in [-0.39, 0.29) is 29.5 Å². The summed E-state index contributed by atoms with van der Waals surface area (Å²) in [4.78, 5) is 41.8. The molecule has 0 saturated heterocycles. The van der Waals surface area contributed by atoms with E-state index in [9.17, 15) is 19.5 Å². The maximum atomic E-state index is 14.1. The molecule has 1 aromatic rings. The van der Waals surface area contributed by atoms with Crippen LogP contribution in [-0.2, 0) is 14.3 Å². The van der Waals surface area contributed by atoms with Crippen molar-refractivity contribution < 1.29 is 24.2 Å². The Hall–Kier alpha value is -2.77. The molecule has 2 unspecified atom stereocenters. The van der Waals surface area contributed by atoms with Crippen molar-refractivity contribution in [2.24, 2.45) is 5.92 Å². The average Bonchev–Trinajstić information content (AvgIpc) is 2.69. The van der Waals surface area contributed by atoms with Crippen molar-refractivity contribution in [1.82, 2.24) is 15.5 Å². The summed E-state index contributed by atoms with van der Waals surface area (Å²) in [7, 11) is 0. The summed E-state index contributed by atoms with van der Waals surface area (Å²) in [5, 5.41) is 15.9. The molecule has 0 aliphatic heterocycles. The molecule has 196 valence electrons. The fourth-order valence-electron chi connectivity index (χ4n) is 4.12. The van der Waals surface area contributed by atoms with E-state index in [0.29, 0.717) is 18.5 Å². The van der Waals surface area contributed by atoms with Gasteiger partial charge in [0.05, 0.1) is 0 Å². The van der Waals surface area contributed by atoms with Gasteiger partial charge in [-0.15, -0.1) is 0 Å². The highest BCUT2D eigenvalue weighted by atomic mass is 16.6. The fraction of sp³-hybridized carbons (Fsp3) is 0.667. The number of phenols is 1. The standard InChI is InChI=1S/C27H43N3O5/c1-7-8-15-28-24(32)23(19-11-9-14-21(31)17-19)30(20-12-10-13-20)25(33)22(16-18(2)3)29-26(34)35-27(4,5)6/h9,11,14,17-18,20,22-23,31H,7-8,10,12-13,15-16H2,1-6H3,(H,28,32)(H,29,34). The number of amides is 3. The van der Waals surface area contributed by atoms with Crippen LogP contribution in [0, 0.1) is 5.92 Å². The van der Waals surface area contributed by atoms with Crippen LogP contribution in [0.1, 0.15) is 91.7 Å². The van der Waals surface area contributed by atoms with E-state index in [0.717, 1.165) is 32.1 Å². The van der Waals surface area contributed by atoms with Gasteiger partial charge in [-0.2, -0.15) is 0 Å². The maximum absolute atomic E-state index is 14.1. The Bertz CT molecular complexity index is 861. The highest BCUT2D eigenvalue weighted by Crippen LogP contribution is 2.35. The number of benzene rings is 1. The summed E-state index contributed by atoms with van der Waals surface area (Å²) < 4.78 is 5.42. The lowest BCUT2D eigenvalue weighted by atomic mass is 9.87. The number of carbonyl (C=O) groups is 3. The summed E-state index contributed by atoms with van der Waals surface area (Å²) in [5.41, 5.74) is -0.160. The SMILES string of the molecule is CCCCNC(=O)C(c1cccc(O)c1)N(C(=O)C(CC(C)C)NC(=O)OC(C)(C)C)C1CCC1. The first-order chi connectivity index (χ1) is 16.4. The zero-order valence-corrected chi connectivity index (χ0v) is 22.1. The van der Waals surface area contributed by atoms with Crippen LogP contribution in [0.4, 0.5) is 4.79 Å². The van der Waals surface area contributed by atoms with E-state index in [1.807, 2.05) is 20.8 Å². The molecule has 0 spiro atoms. The van der Waals surface area contributed by atoms with E-state index in [1.54, 1.807) is 37.8 Å². The number of nitrogens with zero attached hydrogens (tertiary/aromatic N) is 1. The van der Waals surface area contributed by atoms with Crippen molar-refractivity contribution in [3.63, 3.8) is 0 Å². The first-order valence-corrected chi connectivity index (χ1v) is 12.8. The van der Waals surface area contributed by atoms with Crippen LogP contribution >= 0.6 is 0 Å². The van der Waals surface area contributed by atoms with Gasteiger partial charge in [-0.3, -0.25) is 9.59 Å². The van der Waals surface area contributed by atoms with Gasteiger partial charge in [0.2, 0.25) is 11.8 Å². The minimum atomic E-state index is -0.910. The van der Waals surface area contributed by atoms with Crippen LogP contribution in [-0.4, -0.2) is 52.1 Å². The molecule has 0 radical (unpaired) electrons. The molecule has 35 heavy (non-hydrogen) atoms. The lowest BCUT2D eigenvalue weighted by Gasteiger charge is -2.43. The van der Waals surface area contributed by atoms with Gasteiger partial charge in [-0.05, 0) is 76.5 Å². The number of nitrogens with one attached hydrogen (secondary N) is 2. The second-order valence-electron chi connectivity index (χ2n) is 10.8. The highest BCUT2D eigenvalue weighted by molar-refractivity contribution is 5.92. The summed E-state index contributed by atoms with van der Waals surface area (Å²) in [6, 6.07) is 4.62. The molecule has 0 aromatic heterocycles. The lowest BCUT2D eigenvalue weighted by Crippen LogP contribution is -2.57. The minimum Gasteiger partial charge on any atom is -0.508 e. The first kappa shape index (κ1) is 28.5. The van der Waals surface area contributed by atoms with E-state index < -0.39 is 23.8 Å². The Morgan fingerprint density at radius 3 is 2.40 bits per heavy atom. The number of carbonyl (C=O) groups excluding carboxylic acids is 3. The maximum Gasteiger partial charge on any atom is 0.408 e. The van der Waals surface area contributed by atoms with Crippen LogP contribution in [0.25, 0.3) is 0 Å². The largest absolute Gasteiger partial charge is 0.508 e. The second kappa shape index (κ2) is 12.8. The number of aromatic hydroxyl groups is 1. The number of ether oxygens (including phenoxy) is 1. The van der Waals surface area contributed by atoms with Crippen LogP contribution in [0.5, 0.6) is 5.75 Å². The smallest absolute Gasteiger partial charge is 0.408 e. The molecule has 3 N–H and O–H groups in total. The van der Waals surface area contributed by atoms with Gasteiger partial charge in [0.15, 0.2) is 0 Å². The molecule has 0 heterocycles. The quantitative estimate of drug-likeness (QED) is 0.392. The van der Waals surface area contributed by atoms with E-state index in [4.69, 9.17) is 4.74 Å². The Morgan fingerprint density at radius 1 is 1.20 bits per heavy atom. The summed E-state index contributed by atoms with van der Waals surface area (Å²) in [6.07, 6.45) is 4.03. The van der Waals surface area contributed by atoms with Gasteiger partial charge in [-0.25, -0.2) is 4.79 Å². The monoisotopic (exact) mass is 489 g/mol. The summed E-state index contributed by atoms with van der Waals surface area (Å²) in [5.74, 6) is -0.446. The molecule has 1 aliphatic carbocycles. The van der Waals surface area contributed by atoms with Crippen molar-refractivity contribution in [1.29, 1.82) is 0 Å². The Kier molecular flexibility index (Phi) is 10.4. The number of phenolic OH excluding ortho intramolecular Hbond substituents is 1. The minimum absolute atomic E-state index is 0.0282. The third kappa shape index (κ3) is 8.75. The zero-order chi connectivity index (χ0) is 26.2. The molecule has 1 aromatic carbocycles. The van der Waals surface area contributed by atoms with Gasteiger partial charge in [0.1, 0.15) is 23.4 Å². The molecule has 1 saturated carbocycles. The van der Waals surface area contributed by atoms with Gasteiger partial charge in [0.25, 0.3) is 0 Å². The summed E-state index contributed by atoms with van der Waals surface area (Å²) in [6.45, 7) is 11.8. The molecule has 8 nitrogen and oxygen atoms in total. The predicted octanol–water partition coefficient (Wildman–Crippen LogP) is 4.67. The molecule has 3 amide bonds. The zero-order valence-electron chi connectivity index (χ0n) is 22.1. The van der Waals surface area contributed by atoms with Crippen molar-refractivity contribution in [3.8, 4) is 5.75 Å². The second-order valence-corrected chi connectivity index (χ2v) is 10.8. The number of unbranched alkanes of at least 4 members (excludes halogenated alkanes) is 1. The van der Waals surface area contributed by atoms with Crippen LogP contribution in [0.3, 0.4) is 0 Å². The van der Waals surface area contributed by atoms with Crippen molar-refractivity contribution in [3.05, 3.63) is 29.8 Å². The van der Waals surface area contributed by atoms with Crippen molar-refractivity contribution in [2.75, 3.05) is 6.54 Å². The molecular weight excluding hydrogens is 446 g/mol. The molecular formula is C27H43N3O5. The Labute approximate surface area is 209 Å². The topological polar surface area (TPSA) is 108 Å². The Balaban J connectivity index is 2.44. The van der Waals surface area contributed by atoms with Crippen molar-refractivity contribution in [2.45, 2.75) is 104 Å². The van der Waals surface area contributed by atoms with Crippen LogP contribution in [0.15, 0.2) is 24.3 Å². The van der Waals surface area contributed by atoms with E-state index in [2.05, 4.69) is 10.6 Å². The molecule has 1 aliphatic rings. The van der Waals surface area contributed by atoms with Crippen LogP contribution in [0.2, 0.25) is 0 Å². The predicted molar refractivity (Wildman–Crippen MR) is 136 cm³/mol. The first-order valence-electron chi connectivity index (χ1n) is 12.8. The van der Waals surface area contributed by atoms with Gasteiger partial charge in [0, 0.05) is 12.6 Å². The highest BCUT2D eigenvalue weighted by Gasteiger charge is 2.42. The van der Waals surface area contributed by atoms with E-state index in [1.165, 1.54) is 12.1 Å². The third-order valence-electron chi connectivity index (χ3n) is 5.96. The lowest BCUT2D eigenvalue weighted by molar-refractivity contribution is -0.147. The molecule has 0 bridgehead atoms. The van der Waals surface area contributed by atoms with Gasteiger partial charge < -0.3 is 25.4 Å². The van der Waals surface area contributed by atoms with Crippen LogP contribution < -0.4 is 10.6 Å². The average molecular weight is 490 g/mol. The van der Waals surface area contributed by atoms with Gasteiger partial charge in [-0.1, -0.05) is 39.3 Å². The van der Waals surface area contributed by atoms with Gasteiger partial charge >= 0.3 is 6.09 Å². The van der Waals surface area contributed by atoms with E-state index >= 15 is 0 Å². The fourth-order valence-corrected chi connectivity index (χ4v) is 4.12. The normalized spacial score (nSPS) is 15.6. The number of rotatable bonds is 11. The summed E-state index contributed by atoms with van der Waals surface area (Å²) >= 11 is 0. The molecule has 1 fully saturated rings. The molecule has 8 heteroatoms. The molecule has 2 atom stereocenters. The third-order valence-corrected chi connectivity index (χ3v) is 5.96. The molecule has 2 rings (SSSR count). The van der Waals surface area contributed by atoms with Crippen molar-refractivity contribution >= 4 is 17.9 Å².